The third-order valence-electron chi connectivity index (χ3n) is 4.06. The first-order valence-electron chi connectivity index (χ1n) is 6.96. The van der Waals surface area contributed by atoms with Crippen molar-refractivity contribution in [1.82, 2.24) is 20.5 Å². The predicted molar refractivity (Wildman–Crippen MR) is 78.1 cm³/mol. The van der Waals surface area contributed by atoms with Crippen LogP contribution in [0.3, 0.4) is 0 Å². The number of fused-ring (bicyclic) bond motifs is 1. The maximum atomic E-state index is 12.5. The molecule has 0 radical (unpaired) electrons. The molecule has 1 aromatic rings. The van der Waals surface area contributed by atoms with Crippen molar-refractivity contribution in [3.63, 3.8) is 0 Å². The molecule has 7 heteroatoms. The lowest BCUT2D eigenvalue weighted by atomic mass is 9.81. The minimum atomic E-state index is 0.192. The fourth-order valence-corrected chi connectivity index (χ4v) is 3.92. The monoisotopic (exact) mass is 293 g/mol. The van der Waals surface area contributed by atoms with Gasteiger partial charge in [-0.1, -0.05) is 24.6 Å². The van der Waals surface area contributed by atoms with Gasteiger partial charge in [-0.3, -0.25) is 4.79 Å². The molecule has 1 aliphatic carbocycles. The van der Waals surface area contributed by atoms with Crippen molar-refractivity contribution >= 4 is 23.5 Å². The van der Waals surface area contributed by atoms with Gasteiger partial charge in [0.2, 0.25) is 11.1 Å². The standard InChI is InChI=1S/C13H19N5OS/c1-7-11(8-4-2-3-5-9(8)15-7)10(19)6-20-13-16-12(14)17-18-13/h8-9,15H,2-6H2,1H3,(H3,14,16,17,18). The van der Waals surface area contributed by atoms with Crippen molar-refractivity contribution in [2.24, 2.45) is 5.92 Å². The number of anilines is 1. The Morgan fingerprint density at radius 3 is 3.00 bits per heavy atom. The smallest absolute Gasteiger partial charge is 0.216 e. The number of hydrogen-bond acceptors (Lipinski definition) is 6. The zero-order chi connectivity index (χ0) is 14.1. The first-order valence-corrected chi connectivity index (χ1v) is 7.95. The summed E-state index contributed by atoms with van der Waals surface area (Å²) in [5.41, 5.74) is 7.52. The molecular formula is C13H19N5OS. The van der Waals surface area contributed by atoms with Crippen molar-refractivity contribution in [1.29, 1.82) is 0 Å². The molecule has 3 rings (SSSR count). The molecule has 2 aliphatic rings. The molecule has 0 aromatic carbocycles. The van der Waals surface area contributed by atoms with Crippen LogP contribution in [-0.2, 0) is 4.79 Å². The summed E-state index contributed by atoms with van der Waals surface area (Å²) in [4.78, 5) is 16.5. The summed E-state index contributed by atoms with van der Waals surface area (Å²) in [5.74, 6) is 1.24. The van der Waals surface area contributed by atoms with Crippen LogP contribution in [0, 0.1) is 5.92 Å². The number of rotatable bonds is 4. The van der Waals surface area contributed by atoms with Crippen LogP contribution in [0.5, 0.6) is 0 Å². The first-order chi connectivity index (χ1) is 9.65. The van der Waals surface area contributed by atoms with Crippen LogP contribution < -0.4 is 11.1 Å². The Morgan fingerprint density at radius 1 is 1.45 bits per heavy atom. The quantitative estimate of drug-likeness (QED) is 0.728. The van der Waals surface area contributed by atoms with Gasteiger partial charge in [0.15, 0.2) is 5.78 Å². The summed E-state index contributed by atoms with van der Waals surface area (Å²) in [6.07, 6.45) is 4.77. The molecule has 0 bridgehead atoms. The molecule has 1 saturated carbocycles. The van der Waals surface area contributed by atoms with Crippen LogP contribution in [0.25, 0.3) is 0 Å². The number of aromatic nitrogens is 3. The van der Waals surface area contributed by atoms with E-state index in [9.17, 15) is 4.79 Å². The van der Waals surface area contributed by atoms with E-state index in [1.807, 2.05) is 6.92 Å². The highest BCUT2D eigenvalue weighted by molar-refractivity contribution is 7.99. The first kappa shape index (κ1) is 13.5. The Morgan fingerprint density at radius 2 is 2.25 bits per heavy atom. The summed E-state index contributed by atoms with van der Waals surface area (Å²) in [6, 6.07) is 0.465. The highest BCUT2D eigenvalue weighted by atomic mass is 32.2. The Kier molecular flexibility index (Phi) is 3.69. The van der Waals surface area contributed by atoms with E-state index in [1.165, 1.54) is 31.0 Å². The largest absolute Gasteiger partial charge is 0.385 e. The minimum absolute atomic E-state index is 0.192. The van der Waals surface area contributed by atoms with Gasteiger partial charge in [-0.2, -0.15) is 4.98 Å². The van der Waals surface area contributed by atoms with E-state index in [2.05, 4.69) is 20.5 Å². The number of aromatic amines is 1. The molecule has 0 amide bonds. The van der Waals surface area contributed by atoms with E-state index >= 15 is 0 Å². The molecule has 1 aliphatic heterocycles. The van der Waals surface area contributed by atoms with Gasteiger partial charge in [0.05, 0.1) is 5.75 Å². The third kappa shape index (κ3) is 2.54. The number of nitrogen functional groups attached to an aromatic ring is 1. The second-order valence-corrected chi connectivity index (χ2v) is 6.34. The van der Waals surface area contributed by atoms with Gasteiger partial charge in [0, 0.05) is 23.2 Å². The maximum Gasteiger partial charge on any atom is 0.216 e. The van der Waals surface area contributed by atoms with Crippen molar-refractivity contribution in [3.8, 4) is 0 Å². The average molecular weight is 293 g/mol. The molecule has 1 aromatic heterocycles. The normalized spacial score (nSPS) is 25.4. The number of nitrogens with two attached hydrogens (primary N) is 1. The zero-order valence-electron chi connectivity index (χ0n) is 11.5. The summed E-state index contributed by atoms with van der Waals surface area (Å²) in [7, 11) is 0. The predicted octanol–water partition coefficient (Wildman–Crippen LogP) is 1.48. The minimum Gasteiger partial charge on any atom is -0.385 e. The molecule has 0 saturated heterocycles. The van der Waals surface area contributed by atoms with E-state index < -0.39 is 0 Å². The lowest BCUT2D eigenvalue weighted by Crippen LogP contribution is -2.32. The number of carbonyl (C=O) groups excluding carboxylic acids is 1. The number of ketones is 1. The Labute approximate surface area is 122 Å². The lowest BCUT2D eigenvalue weighted by molar-refractivity contribution is -0.113. The van der Waals surface area contributed by atoms with Crippen molar-refractivity contribution in [3.05, 3.63) is 11.3 Å². The van der Waals surface area contributed by atoms with Crippen LogP contribution >= 0.6 is 11.8 Å². The van der Waals surface area contributed by atoms with Crippen LogP contribution in [0.4, 0.5) is 5.95 Å². The van der Waals surface area contributed by atoms with Gasteiger partial charge in [-0.25, -0.2) is 5.10 Å². The molecule has 0 spiro atoms. The Balaban J connectivity index is 1.65. The van der Waals surface area contributed by atoms with Gasteiger partial charge < -0.3 is 11.1 Å². The second kappa shape index (κ2) is 5.47. The van der Waals surface area contributed by atoms with Gasteiger partial charge in [0.25, 0.3) is 0 Å². The van der Waals surface area contributed by atoms with Crippen LogP contribution in [0.1, 0.15) is 32.6 Å². The molecule has 2 heterocycles. The number of H-pyrrole nitrogens is 1. The molecule has 2 unspecified atom stereocenters. The topological polar surface area (TPSA) is 96.7 Å². The average Bonchev–Trinajstić information content (AvgIpc) is 2.98. The zero-order valence-corrected chi connectivity index (χ0v) is 12.3. The number of Topliss-reactive ketones (excluding diaryl/α,β-unsaturated/α-hetero) is 1. The Hall–Kier alpha value is -1.50. The van der Waals surface area contributed by atoms with Crippen molar-refractivity contribution in [2.75, 3.05) is 11.5 Å². The van der Waals surface area contributed by atoms with E-state index in [-0.39, 0.29) is 11.7 Å². The van der Waals surface area contributed by atoms with Gasteiger partial charge in [-0.05, 0) is 19.8 Å². The van der Waals surface area contributed by atoms with Crippen LogP contribution in [0.2, 0.25) is 0 Å². The van der Waals surface area contributed by atoms with Gasteiger partial charge in [-0.15, -0.1) is 5.10 Å². The number of hydrogen-bond donors (Lipinski definition) is 3. The molecular weight excluding hydrogens is 274 g/mol. The molecule has 6 nitrogen and oxygen atoms in total. The molecule has 1 fully saturated rings. The molecule has 108 valence electrons. The molecule has 4 N–H and O–H groups in total. The van der Waals surface area contributed by atoms with E-state index in [4.69, 9.17) is 5.73 Å². The lowest BCUT2D eigenvalue weighted by Gasteiger charge is -2.26. The van der Waals surface area contributed by atoms with Crippen LogP contribution in [0.15, 0.2) is 16.4 Å². The number of carbonyl (C=O) groups is 1. The van der Waals surface area contributed by atoms with E-state index in [0.717, 1.165) is 17.7 Å². The summed E-state index contributed by atoms with van der Waals surface area (Å²) < 4.78 is 0. The van der Waals surface area contributed by atoms with E-state index in [1.54, 1.807) is 0 Å². The second-order valence-electron chi connectivity index (χ2n) is 5.40. The third-order valence-corrected chi connectivity index (χ3v) is 4.90. The van der Waals surface area contributed by atoms with Gasteiger partial charge in [0.1, 0.15) is 0 Å². The maximum absolute atomic E-state index is 12.5. The summed E-state index contributed by atoms with van der Waals surface area (Å²) in [5, 5.41) is 10.5. The number of nitrogens with one attached hydrogen (secondary N) is 2. The SMILES string of the molecule is CC1=C(C(=O)CSc2n[nH]c(N)n2)C2CCCCC2N1. The number of thioether (sulfide) groups is 1. The van der Waals surface area contributed by atoms with Crippen molar-refractivity contribution in [2.45, 2.75) is 43.8 Å². The number of nitrogens with zero attached hydrogens (tertiary/aromatic N) is 2. The van der Waals surface area contributed by atoms with Gasteiger partial charge >= 0.3 is 0 Å². The number of allylic oxidation sites excluding steroid dienone is 1. The van der Waals surface area contributed by atoms with Crippen molar-refractivity contribution < 1.29 is 4.79 Å². The Bertz CT molecular complexity index is 553. The summed E-state index contributed by atoms with van der Waals surface area (Å²) in [6.45, 7) is 2.01. The van der Waals surface area contributed by atoms with E-state index in [0.29, 0.717) is 22.9 Å². The highest BCUT2D eigenvalue weighted by Crippen LogP contribution is 2.37. The molecule has 2 atom stereocenters. The fraction of sp³-hybridized carbons (Fsp3) is 0.615. The highest BCUT2D eigenvalue weighted by Gasteiger charge is 2.37. The summed E-state index contributed by atoms with van der Waals surface area (Å²) >= 11 is 1.33. The van der Waals surface area contributed by atoms with Crippen LogP contribution in [-0.4, -0.2) is 32.8 Å². The molecule has 20 heavy (non-hydrogen) atoms. The fourth-order valence-electron chi connectivity index (χ4n) is 3.23.